The highest BCUT2D eigenvalue weighted by Gasteiger charge is 2.37. The van der Waals surface area contributed by atoms with E-state index in [9.17, 15) is 67.7 Å². The van der Waals surface area contributed by atoms with Crippen LogP contribution in [0.1, 0.15) is 97.6 Å². The third-order valence-corrected chi connectivity index (χ3v) is 13.6. The number of aromatic amines is 1. The Morgan fingerprint density at radius 3 is 1.37 bits per heavy atom. The van der Waals surface area contributed by atoms with E-state index < -0.39 is 150 Å². The number of thiol groups is 2. The zero-order chi connectivity index (χ0) is 70.5. The number of aliphatic carboxylic acids is 2. The molecule has 10 amide bonds. The Labute approximate surface area is 547 Å². The molecule has 1 aromatic heterocycles. The molecule has 39 nitrogen and oxygen atoms in total. The Balaban J connectivity index is 3.39. The number of carboxylic acids is 2. The fourth-order valence-corrected chi connectivity index (χ4v) is 8.73. The second-order valence-electron chi connectivity index (χ2n) is 22.0. The lowest BCUT2D eigenvalue weighted by Gasteiger charge is -2.30. The fourth-order valence-electron chi connectivity index (χ4n) is 8.29. The monoisotopic (exact) mass is 1360 g/mol. The van der Waals surface area contributed by atoms with E-state index in [1.165, 1.54) is 26.4 Å². The van der Waals surface area contributed by atoms with Gasteiger partial charge in [0.05, 0.1) is 31.9 Å². The summed E-state index contributed by atoms with van der Waals surface area (Å²) >= 11 is 8.61. The highest BCUT2D eigenvalue weighted by molar-refractivity contribution is 7.81. The number of amides is 10. The van der Waals surface area contributed by atoms with E-state index in [0.717, 1.165) is 0 Å². The summed E-state index contributed by atoms with van der Waals surface area (Å²) in [5, 5.41) is 43.8. The number of H-pyrrole nitrogens is 1. The Bertz CT molecular complexity index is 2790. The Morgan fingerprint density at radius 1 is 0.527 bits per heavy atom. The van der Waals surface area contributed by atoms with Gasteiger partial charge < -0.3 is 120 Å². The summed E-state index contributed by atoms with van der Waals surface area (Å²) in [6, 6.07) is -13.1. The normalized spacial score (nSPS) is 13.9. The third kappa shape index (κ3) is 35.1. The van der Waals surface area contributed by atoms with Crippen LogP contribution in [0.25, 0.3) is 0 Å². The van der Waals surface area contributed by atoms with Crippen LogP contribution in [-0.4, -0.2) is 219 Å². The van der Waals surface area contributed by atoms with Crippen LogP contribution in [0.5, 0.6) is 0 Å². The lowest BCUT2D eigenvalue weighted by atomic mass is 10.0. The molecule has 0 aromatic carbocycles. The summed E-state index contributed by atoms with van der Waals surface area (Å²) < 4.78 is -1.20. The minimum Gasteiger partial charge on any atom is -0.481 e. The van der Waals surface area contributed by atoms with Crippen LogP contribution in [0.15, 0.2) is 32.5 Å². The molecule has 1 rings (SSSR count). The number of guanidine groups is 4. The molecule has 0 aliphatic carbocycles. The van der Waals surface area contributed by atoms with Crippen molar-refractivity contribution >= 4 is 120 Å². The molecule has 0 saturated carbocycles. The van der Waals surface area contributed by atoms with Gasteiger partial charge in [0.25, 0.3) is 0 Å². The number of nitrogens with two attached hydrogens (primary N) is 9. The molecule has 9 atom stereocenters. The second kappa shape index (κ2) is 42.6. The SMILES string of the molecule is CC(C)C[C@H](NC(=O)[C@H](CC(=O)O)NC(=O)CNC(=O)[C@H](CCCN=C(N)N)NC(=O)[C@H](Cc1cnc[nH]1)NC(=O)CNC(=O)[C@@H](NC(=O)[C@@H](N)CCCN=C(N)N)C(C)(C)S)C(=O)N[C@@H](CCCN=C(N)N)C(=O)N[C@@H](CS)C(=O)N[C@@H](CCCN=C(N)N)C(=O)O. The molecule has 1 heterocycles. The molecule has 41 heteroatoms. The predicted molar refractivity (Wildman–Crippen MR) is 348 cm³/mol. The fraction of sp³-hybridized carbons (Fsp3) is 0.635. The third-order valence-electron chi connectivity index (χ3n) is 12.9. The Hall–Kier alpha value is -9.41. The number of hydrogen-bond donors (Lipinski definition) is 24. The van der Waals surface area contributed by atoms with Gasteiger partial charge >= 0.3 is 11.9 Å². The van der Waals surface area contributed by atoms with Gasteiger partial charge in [-0.1, -0.05) is 13.8 Å². The number of carboxylic acid groups (broad SMARTS) is 2. The molecule has 93 heavy (non-hydrogen) atoms. The maximum Gasteiger partial charge on any atom is 0.326 e. The van der Waals surface area contributed by atoms with Crippen molar-refractivity contribution in [2.24, 2.45) is 77.5 Å². The van der Waals surface area contributed by atoms with Gasteiger partial charge in [-0.25, -0.2) is 9.78 Å². The minimum atomic E-state index is -1.90. The first-order chi connectivity index (χ1) is 43.5. The molecule has 0 radical (unpaired) electrons. The van der Waals surface area contributed by atoms with Crippen molar-refractivity contribution in [3.63, 3.8) is 0 Å². The van der Waals surface area contributed by atoms with Crippen LogP contribution in [0.3, 0.4) is 0 Å². The first-order valence-electron chi connectivity index (χ1n) is 29.2. The van der Waals surface area contributed by atoms with E-state index in [-0.39, 0.29) is 119 Å². The van der Waals surface area contributed by atoms with Gasteiger partial charge in [0.15, 0.2) is 23.8 Å². The van der Waals surface area contributed by atoms with Gasteiger partial charge in [0, 0.05) is 55.0 Å². The zero-order valence-electron chi connectivity index (χ0n) is 52.3. The number of aliphatic imine (C=N–C) groups is 4. The van der Waals surface area contributed by atoms with Gasteiger partial charge in [0.1, 0.15) is 48.3 Å². The van der Waals surface area contributed by atoms with Crippen molar-refractivity contribution in [2.75, 3.05) is 45.0 Å². The average Bonchev–Trinajstić information content (AvgIpc) is 1.07. The van der Waals surface area contributed by atoms with Gasteiger partial charge in [0.2, 0.25) is 59.1 Å². The minimum absolute atomic E-state index is 0.0282. The van der Waals surface area contributed by atoms with Crippen LogP contribution in [0.4, 0.5) is 0 Å². The van der Waals surface area contributed by atoms with Gasteiger partial charge in [-0.2, -0.15) is 25.3 Å². The molecular weight excluding hydrogens is 1260 g/mol. The molecule has 0 fully saturated rings. The topological polar surface area (TPSA) is 678 Å². The molecule has 0 aliphatic rings. The highest BCUT2D eigenvalue weighted by atomic mass is 32.1. The highest BCUT2D eigenvalue weighted by Crippen LogP contribution is 2.18. The number of hydrogen-bond acceptors (Lipinski definition) is 20. The van der Waals surface area contributed by atoms with Crippen molar-refractivity contribution in [2.45, 2.75) is 157 Å². The number of carbonyl (C=O) groups is 12. The van der Waals surface area contributed by atoms with Gasteiger partial charge in [-0.3, -0.25) is 72.7 Å². The number of imidazole rings is 1. The van der Waals surface area contributed by atoms with E-state index in [1.807, 2.05) is 0 Å². The molecule has 522 valence electrons. The molecule has 1 aromatic rings. The number of nitrogens with zero attached hydrogens (tertiary/aromatic N) is 5. The molecule has 0 unspecified atom stereocenters. The smallest absolute Gasteiger partial charge is 0.326 e. The van der Waals surface area contributed by atoms with Crippen LogP contribution < -0.4 is 105 Å². The average molecular weight is 1360 g/mol. The molecule has 0 aliphatic heterocycles. The van der Waals surface area contributed by atoms with Crippen molar-refractivity contribution in [3.05, 3.63) is 18.2 Å². The van der Waals surface area contributed by atoms with Crippen LogP contribution >= 0.6 is 25.3 Å². The summed E-state index contributed by atoms with van der Waals surface area (Å²) in [4.78, 5) is 183. The summed E-state index contributed by atoms with van der Waals surface area (Å²) in [7, 11) is 0. The second-order valence-corrected chi connectivity index (χ2v) is 23.5. The van der Waals surface area contributed by atoms with E-state index in [0.29, 0.717) is 12.1 Å². The van der Waals surface area contributed by atoms with Gasteiger partial charge in [-0.15, -0.1) is 0 Å². The largest absolute Gasteiger partial charge is 0.481 e. The molecule has 0 bridgehead atoms. The number of carbonyl (C=O) groups excluding carboxylic acids is 10. The van der Waals surface area contributed by atoms with Gasteiger partial charge in [-0.05, 0) is 77.6 Å². The zero-order valence-corrected chi connectivity index (χ0v) is 54.1. The predicted octanol–water partition coefficient (Wildman–Crippen LogP) is -9.15. The summed E-state index contributed by atoms with van der Waals surface area (Å²) in [5.74, 6) is -14.2. The van der Waals surface area contributed by atoms with Crippen LogP contribution in [-0.2, 0) is 64.0 Å². The van der Waals surface area contributed by atoms with Crippen molar-refractivity contribution in [1.29, 1.82) is 0 Å². The molecule has 0 spiro atoms. The van der Waals surface area contributed by atoms with Crippen LogP contribution in [0.2, 0.25) is 0 Å². The molecule has 31 N–H and O–H groups in total. The first-order valence-corrected chi connectivity index (χ1v) is 30.3. The lowest BCUT2D eigenvalue weighted by Crippen LogP contribution is -2.60. The van der Waals surface area contributed by atoms with Crippen molar-refractivity contribution in [3.8, 4) is 0 Å². The maximum absolute atomic E-state index is 14.1. The van der Waals surface area contributed by atoms with Crippen LogP contribution in [0, 0.1) is 5.92 Å². The Kier molecular flexibility index (Phi) is 37.4. The van der Waals surface area contributed by atoms with E-state index >= 15 is 0 Å². The van der Waals surface area contributed by atoms with Crippen molar-refractivity contribution in [1.82, 2.24) is 63.1 Å². The van der Waals surface area contributed by atoms with Crippen molar-refractivity contribution < 1.29 is 67.7 Å². The molecular formula is C52H93N25O14S2. The first kappa shape index (κ1) is 81.6. The summed E-state index contributed by atoms with van der Waals surface area (Å²) in [6.07, 6.45) is 1.55. The number of nitrogens with one attached hydrogen (secondary N) is 11. The van der Waals surface area contributed by atoms with E-state index in [2.05, 4.69) is 108 Å². The quantitative estimate of drug-likeness (QED) is 0.0125. The number of aromatic nitrogens is 2. The standard InChI is InChI=1S/C52H93N25O14S2/c1-25(2)17-31(42(85)73-29(11-7-15-65-50(58)59)41(84)76-34(23-92)45(88)74-30(47(90)91)12-8-16-66-51(60)61)75-44(87)33(19-37(80)81)71-35(78)21-67-40(83)28(10-6-14-64-49(56)57)72-43(86)32(18-26-20-62-24-69-26)70-36(79)22-68-46(89)38(52(3,4)93)77-39(82)27(53)9-5-13-63-48(54)55/h20,24-25,27-34,38,92-93H,5-19,21-23,53H2,1-4H3,(H,62,69)(H,67,83)(H,68,89)(H,70,79)(H,71,78)(H,72,86)(H,73,85)(H,74,88)(H,75,87)(H,76,84)(H,77,82)(H,80,81)(H,90,91)(H4,54,55,63)(H4,56,57,64)(H4,58,59,65)(H4,60,61,66)/t27-,28-,29-,30-,31-,32-,33-,34-,38+/m0/s1. The number of rotatable bonds is 45. The van der Waals surface area contributed by atoms with E-state index in [1.54, 1.807) is 13.8 Å². The Morgan fingerprint density at radius 2 is 0.925 bits per heavy atom. The van der Waals surface area contributed by atoms with E-state index in [4.69, 9.17) is 51.6 Å². The summed E-state index contributed by atoms with van der Waals surface area (Å²) in [6.45, 7) is 4.94. The maximum atomic E-state index is 14.1. The lowest BCUT2D eigenvalue weighted by molar-refractivity contribution is -0.142. The summed E-state index contributed by atoms with van der Waals surface area (Å²) in [5.41, 5.74) is 49.6. The molecule has 0 saturated heterocycles.